The summed E-state index contributed by atoms with van der Waals surface area (Å²) in [6.07, 6.45) is -1.62. The molecule has 0 saturated heterocycles. The van der Waals surface area contributed by atoms with Crippen molar-refractivity contribution in [2.45, 2.75) is 52.1 Å². The molecule has 0 amide bonds. The van der Waals surface area contributed by atoms with Gasteiger partial charge in [-0.3, -0.25) is 0 Å². The lowest BCUT2D eigenvalue weighted by Gasteiger charge is -2.28. The molecule has 0 fully saturated rings. The number of aliphatic carboxylic acids is 1. The Morgan fingerprint density at radius 2 is 1.04 bits per heavy atom. The van der Waals surface area contributed by atoms with Gasteiger partial charge in [0.1, 0.15) is 34.1 Å². The first-order chi connectivity index (χ1) is 26.4. The number of rotatable bonds is 8. The third-order valence-corrected chi connectivity index (χ3v) is 9.45. The first-order valence-electron chi connectivity index (χ1n) is 17.3. The van der Waals surface area contributed by atoms with E-state index in [2.05, 4.69) is 0 Å². The number of hydrogen-bond donors (Lipinski definition) is 1. The number of benzene rings is 4. The van der Waals surface area contributed by atoms with Crippen LogP contribution in [0.2, 0.25) is 0 Å². The van der Waals surface area contributed by atoms with Gasteiger partial charge in [-0.05, 0) is 88.4 Å². The fourth-order valence-electron chi connectivity index (χ4n) is 6.28. The molecule has 4 aliphatic heterocycles. The fourth-order valence-corrected chi connectivity index (χ4v) is 6.94. The van der Waals surface area contributed by atoms with Crippen LogP contribution in [0.5, 0.6) is 46.0 Å². The molecule has 4 heterocycles. The van der Waals surface area contributed by atoms with Gasteiger partial charge in [0.05, 0.1) is 29.4 Å². The molecule has 4 aliphatic rings. The minimum Gasteiger partial charge on any atom is -0.491 e. The lowest BCUT2D eigenvalue weighted by Crippen LogP contribution is -2.23. The quantitative estimate of drug-likeness (QED) is 0.171. The Balaban J connectivity index is 0.000000169. The van der Waals surface area contributed by atoms with Crippen molar-refractivity contribution in [3.05, 3.63) is 106 Å². The van der Waals surface area contributed by atoms with Gasteiger partial charge in [-0.15, -0.1) is 0 Å². The molecule has 55 heavy (non-hydrogen) atoms. The highest BCUT2D eigenvalue weighted by molar-refractivity contribution is 6.52. The van der Waals surface area contributed by atoms with E-state index in [0.717, 1.165) is 0 Å². The number of halogens is 2. The summed E-state index contributed by atoms with van der Waals surface area (Å²) in [7, 11) is 1.31. The molecule has 0 aliphatic carbocycles. The second-order valence-corrected chi connectivity index (χ2v) is 13.9. The number of carboxylic acid groups (broad SMARTS) is 1. The molecule has 8 rings (SSSR count). The predicted octanol–water partition coefficient (Wildman–Crippen LogP) is 8.83. The zero-order valence-electron chi connectivity index (χ0n) is 30.3. The van der Waals surface area contributed by atoms with Crippen LogP contribution in [0.4, 0.5) is 0 Å². The number of esters is 1. The topological polar surface area (TPSA) is 137 Å². The number of methoxy groups -OCH3 is 1. The van der Waals surface area contributed by atoms with Gasteiger partial charge >= 0.3 is 11.9 Å². The molecule has 286 valence electrons. The van der Waals surface area contributed by atoms with Crippen LogP contribution in [0.1, 0.15) is 62.2 Å². The third-order valence-electron chi connectivity index (χ3n) is 8.64. The van der Waals surface area contributed by atoms with E-state index in [4.69, 9.17) is 65.8 Å². The van der Waals surface area contributed by atoms with E-state index in [-0.39, 0.29) is 47.0 Å². The molecule has 12 nitrogen and oxygen atoms in total. The molecule has 0 aromatic heterocycles. The Hall–Kier alpha value is -5.72. The highest BCUT2D eigenvalue weighted by atomic mass is 35.5. The summed E-state index contributed by atoms with van der Waals surface area (Å²) in [6.45, 7) is 7.98. The summed E-state index contributed by atoms with van der Waals surface area (Å²) in [5, 5.41) is 10.2. The van der Waals surface area contributed by atoms with E-state index in [1.54, 1.807) is 60.7 Å². The molecule has 2 atom stereocenters. The molecule has 0 radical (unpaired) electrons. The molecule has 1 N–H and O–H groups in total. The third kappa shape index (κ3) is 7.65. The van der Waals surface area contributed by atoms with E-state index in [0.29, 0.717) is 68.2 Å². The summed E-state index contributed by atoms with van der Waals surface area (Å²) in [5.74, 6) is 2.95. The van der Waals surface area contributed by atoms with Gasteiger partial charge in [0.25, 0.3) is 0 Å². The van der Waals surface area contributed by atoms with Crippen molar-refractivity contribution in [1.82, 2.24) is 0 Å². The Bertz CT molecular complexity index is 2230. The number of carbonyl (C=O) groups is 2. The number of ether oxygens (including phenoxy) is 9. The second kappa shape index (κ2) is 15.6. The van der Waals surface area contributed by atoms with Crippen LogP contribution in [-0.2, 0) is 14.3 Å². The van der Waals surface area contributed by atoms with Crippen molar-refractivity contribution >= 4 is 45.2 Å². The fraction of sp³-hybridized carbons (Fsp3) is 0.268. The SMILES string of the molecule is CC(C)Oc1ccc2c(c1)C(Cl)=C(C(=O)O)C(c1ccc3c(c1)OCO3)O2.COC(=O)C1=C(Cl)c2cc(OC(C)C)ccc2OC1c1ccc2c(c1)OCO2. The number of carboxylic acids is 1. The van der Waals surface area contributed by atoms with Crippen LogP contribution in [0, 0.1) is 0 Å². The Morgan fingerprint density at radius 1 is 0.618 bits per heavy atom. The van der Waals surface area contributed by atoms with Gasteiger partial charge < -0.3 is 47.7 Å². The predicted molar refractivity (Wildman–Crippen MR) is 201 cm³/mol. The van der Waals surface area contributed by atoms with Crippen molar-refractivity contribution in [1.29, 1.82) is 0 Å². The Labute approximate surface area is 326 Å². The first-order valence-corrected chi connectivity index (χ1v) is 18.0. The monoisotopic (exact) mass is 790 g/mol. The summed E-state index contributed by atoms with van der Waals surface area (Å²) < 4.78 is 50.0. The average molecular weight is 792 g/mol. The van der Waals surface area contributed by atoms with E-state index in [1.165, 1.54) is 7.11 Å². The van der Waals surface area contributed by atoms with Crippen molar-refractivity contribution in [3.8, 4) is 46.0 Å². The Morgan fingerprint density at radius 3 is 1.47 bits per heavy atom. The van der Waals surface area contributed by atoms with E-state index >= 15 is 0 Å². The van der Waals surface area contributed by atoms with Crippen LogP contribution in [-0.4, -0.2) is 49.9 Å². The summed E-state index contributed by atoms with van der Waals surface area (Å²) >= 11 is 13.1. The van der Waals surface area contributed by atoms with Crippen molar-refractivity contribution in [3.63, 3.8) is 0 Å². The van der Waals surface area contributed by atoms with Gasteiger partial charge in [-0.2, -0.15) is 0 Å². The van der Waals surface area contributed by atoms with E-state index in [9.17, 15) is 14.7 Å². The van der Waals surface area contributed by atoms with Gasteiger partial charge in [0.15, 0.2) is 35.2 Å². The van der Waals surface area contributed by atoms with Crippen LogP contribution < -0.4 is 37.9 Å². The van der Waals surface area contributed by atoms with Crippen molar-refractivity contribution in [2.24, 2.45) is 0 Å². The maximum Gasteiger partial charge on any atom is 0.339 e. The first kappa shape index (κ1) is 37.6. The normalized spacial score (nSPS) is 17.4. The highest BCUT2D eigenvalue weighted by Gasteiger charge is 2.37. The average Bonchev–Trinajstić information content (AvgIpc) is 3.83. The Kier molecular flexibility index (Phi) is 10.6. The number of carbonyl (C=O) groups excluding carboxylic acids is 1. The van der Waals surface area contributed by atoms with Crippen molar-refractivity contribution < 1.29 is 57.3 Å². The minimum atomic E-state index is -1.15. The molecule has 4 aromatic rings. The summed E-state index contributed by atoms with van der Waals surface area (Å²) in [6, 6.07) is 21.1. The van der Waals surface area contributed by atoms with Crippen LogP contribution in [0.15, 0.2) is 83.9 Å². The molecule has 0 bridgehead atoms. The van der Waals surface area contributed by atoms with Gasteiger partial charge in [0, 0.05) is 22.3 Å². The zero-order valence-corrected chi connectivity index (χ0v) is 31.9. The molecule has 0 spiro atoms. The largest absolute Gasteiger partial charge is 0.491 e. The number of fused-ring (bicyclic) bond motifs is 4. The molecular formula is C41H36Cl2O12. The maximum atomic E-state index is 12.5. The zero-order chi connectivity index (χ0) is 39.0. The van der Waals surface area contributed by atoms with Crippen LogP contribution >= 0.6 is 23.2 Å². The van der Waals surface area contributed by atoms with Crippen molar-refractivity contribution in [2.75, 3.05) is 20.7 Å². The van der Waals surface area contributed by atoms with E-state index in [1.807, 2.05) is 39.8 Å². The molecule has 4 aromatic carbocycles. The second-order valence-electron chi connectivity index (χ2n) is 13.1. The summed E-state index contributed by atoms with van der Waals surface area (Å²) in [5.41, 5.74) is 2.57. The standard InChI is InChI=1S/C21H19ClO6.C20H17ClO6/c1-11(2)27-13-5-7-15-14(9-13)19(22)18(21(23)24-3)20(28-15)12-4-6-16-17(8-12)26-10-25-16;1-10(2)26-12-4-6-14-13(8-12)18(21)17(20(22)23)19(27-14)11-3-5-15-16(7-11)25-9-24-15/h4-9,11,20H,10H2,1-3H3;3-8,10,19H,9H2,1-2H3,(H,22,23). The molecule has 14 heteroatoms. The molecular weight excluding hydrogens is 755 g/mol. The van der Waals surface area contributed by atoms with Gasteiger partial charge in [-0.25, -0.2) is 9.59 Å². The van der Waals surface area contributed by atoms with E-state index < -0.39 is 24.1 Å². The molecule has 0 saturated carbocycles. The van der Waals surface area contributed by atoms with Gasteiger partial charge in [0.2, 0.25) is 13.6 Å². The molecule has 2 unspecified atom stereocenters. The summed E-state index contributed by atoms with van der Waals surface area (Å²) in [4.78, 5) is 24.5. The number of hydrogen-bond acceptors (Lipinski definition) is 11. The van der Waals surface area contributed by atoms with Crippen LogP contribution in [0.3, 0.4) is 0 Å². The lowest BCUT2D eigenvalue weighted by molar-refractivity contribution is -0.137. The smallest absolute Gasteiger partial charge is 0.339 e. The maximum absolute atomic E-state index is 12.5. The lowest BCUT2D eigenvalue weighted by atomic mass is 9.95. The minimum absolute atomic E-state index is 0.00627. The van der Waals surface area contributed by atoms with Crippen LogP contribution in [0.25, 0.3) is 10.1 Å². The van der Waals surface area contributed by atoms with Gasteiger partial charge in [-0.1, -0.05) is 35.3 Å². The highest BCUT2D eigenvalue weighted by Crippen LogP contribution is 2.48.